The van der Waals surface area contributed by atoms with Crippen molar-refractivity contribution in [2.24, 2.45) is 5.73 Å². The normalized spacial score (nSPS) is 11.4. The molecule has 30 heavy (non-hydrogen) atoms. The maximum absolute atomic E-state index is 5.85. The molecule has 3 nitrogen and oxygen atoms in total. The van der Waals surface area contributed by atoms with Crippen LogP contribution in [0.5, 0.6) is 0 Å². The molecule has 4 rings (SSSR count). The fourth-order valence-corrected chi connectivity index (χ4v) is 4.35. The predicted octanol–water partition coefficient (Wildman–Crippen LogP) is 5.25. The fourth-order valence-electron chi connectivity index (χ4n) is 4.25. The van der Waals surface area contributed by atoms with Gasteiger partial charge in [0.2, 0.25) is 0 Å². The van der Waals surface area contributed by atoms with Crippen LogP contribution in [0.4, 0.5) is 0 Å². The molecule has 0 saturated carbocycles. The van der Waals surface area contributed by atoms with Crippen molar-refractivity contribution in [3.8, 4) is 0 Å². The Morgan fingerprint density at radius 1 is 0.833 bits per heavy atom. The van der Waals surface area contributed by atoms with Crippen molar-refractivity contribution in [1.82, 2.24) is 9.55 Å². The quantitative estimate of drug-likeness (QED) is 0.334. The molecular weight excluding hydrogens is 386 g/mol. The largest absolute Gasteiger partial charge is 0.393 e. The van der Waals surface area contributed by atoms with Gasteiger partial charge in [0.1, 0.15) is 5.54 Å². The summed E-state index contributed by atoms with van der Waals surface area (Å²) in [6.07, 6.45) is 3.35. The molecule has 0 aliphatic carbocycles. The predicted molar refractivity (Wildman–Crippen MR) is 127 cm³/mol. The van der Waals surface area contributed by atoms with Gasteiger partial charge in [-0.05, 0) is 30.0 Å². The van der Waals surface area contributed by atoms with E-state index >= 15 is 0 Å². The number of thiocarbonyl (C=S) groups is 1. The van der Waals surface area contributed by atoms with E-state index in [2.05, 4.69) is 102 Å². The lowest BCUT2D eigenvalue weighted by atomic mass is 9.76. The molecule has 0 aliphatic rings. The van der Waals surface area contributed by atoms with Crippen LogP contribution in [0.2, 0.25) is 0 Å². The van der Waals surface area contributed by atoms with E-state index in [9.17, 15) is 0 Å². The lowest BCUT2D eigenvalue weighted by Crippen LogP contribution is -2.38. The van der Waals surface area contributed by atoms with Gasteiger partial charge >= 0.3 is 0 Å². The number of hydrogen-bond donors (Lipinski definition) is 1. The number of aryl methyl sites for hydroxylation is 1. The van der Waals surface area contributed by atoms with E-state index in [0.717, 1.165) is 17.8 Å². The molecule has 4 heteroatoms. The summed E-state index contributed by atoms with van der Waals surface area (Å²) >= 11 is 5.18. The molecule has 0 radical (unpaired) electrons. The fraction of sp³-hybridized carbons (Fsp3) is 0.154. The number of benzene rings is 3. The van der Waals surface area contributed by atoms with Crippen LogP contribution >= 0.6 is 12.2 Å². The first-order valence-electron chi connectivity index (χ1n) is 10.1. The van der Waals surface area contributed by atoms with Crippen LogP contribution in [0.25, 0.3) is 0 Å². The van der Waals surface area contributed by atoms with Gasteiger partial charge in [-0.15, -0.1) is 0 Å². The molecule has 0 aliphatic heterocycles. The minimum atomic E-state index is -0.559. The smallest absolute Gasteiger partial charge is 0.121 e. The van der Waals surface area contributed by atoms with Crippen LogP contribution in [0.15, 0.2) is 97.3 Å². The summed E-state index contributed by atoms with van der Waals surface area (Å²) in [5, 5.41) is 0. The van der Waals surface area contributed by atoms with E-state index in [1.54, 1.807) is 0 Å². The molecule has 3 aromatic carbocycles. The van der Waals surface area contributed by atoms with Crippen LogP contribution in [-0.4, -0.2) is 14.5 Å². The van der Waals surface area contributed by atoms with Gasteiger partial charge in [-0.2, -0.15) is 0 Å². The van der Waals surface area contributed by atoms with Crippen molar-refractivity contribution >= 4 is 17.2 Å². The third-order valence-electron chi connectivity index (χ3n) is 5.62. The minimum Gasteiger partial charge on any atom is -0.393 e. The van der Waals surface area contributed by atoms with Gasteiger partial charge in [-0.1, -0.05) is 103 Å². The third kappa shape index (κ3) is 3.55. The van der Waals surface area contributed by atoms with E-state index in [0.29, 0.717) is 11.4 Å². The summed E-state index contributed by atoms with van der Waals surface area (Å²) in [5.41, 5.74) is 11.0. The number of rotatable bonds is 7. The first-order chi connectivity index (χ1) is 14.6. The zero-order valence-corrected chi connectivity index (χ0v) is 17.8. The lowest BCUT2D eigenvalue weighted by Gasteiger charge is -2.38. The van der Waals surface area contributed by atoms with E-state index in [4.69, 9.17) is 22.9 Å². The second-order valence-corrected chi connectivity index (χ2v) is 7.95. The topological polar surface area (TPSA) is 43.8 Å². The highest BCUT2D eigenvalue weighted by molar-refractivity contribution is 7.80. The zero-order chi connectivity index (χ0) is 21.0. The van der Waals surface area contributed by atoms with Crippen LogP contribution in [0.3, 0.4) is 0 Å². The number of aromatic nitrogens is 2. The Kier molecular flexibility index (Phi) is 5.77. The molecule has 1 heterocycles. The minimum absolute atomic E-state index is 0.520. The van der Waals surface area contributed by atoms with Gasteiger partial charge in [-0.25, -0.2) is 4.98 Å². The standard InChI is InChI=1S/C26H25N3S/c1-20-24(17-18-25(27)30)29(19-28-20)26(21-11-5-2-6-12-21,22-13-7-3-8-14-22)23-15-9-4-10-16-23/h2-16,19H,17-18H2,1H3,(H2,27,30). The summed E-state index contributed by atoms with van der Waals surface area (Å²) in [6, 6.07) is 31.8. The Labute approximate surface area is 183 Å². The van der Waals surface area contributed by atoms with Crippen LogP contribution < -0.4 is 5.73 Å². The molecule has 0 bridgehead atoms. The number of nitrogens with two attached hydrogens (primary N) is 1. The Morgan fingerprint density at radius 3 is 1.67 bits per heavy atom. The van der Waals surface area contributed by atoms with Crippen molar-refractivity contribution in [3.63, 3.8) is 0 Å². The van der Waals surface area contributed by atoms with Gasteiger partial charge in [0.15, 0.2) is 0 Å². The molecule has 0 spiro atoms. The van der Waals surface area contributed by atoms with Crippen LogP contribution in [0, 0.1) is 6.92 Å². The van der Waals surface area contributed by atoms with Gasteiger partial charge in [0, 0.05) is 12.1 Å². The Bertz CT molecular complexity index is 1020. The Hall–Kier alpha value is -3.24. The summed E-state index contributed by atoms with van der Waals surface area (Å²) < 4.78 is 2.31. The maximum Gasteiger partial charge on any atom is 0.121 e. The summed E-state index contributed by atoms with van der Waals surface area (Å²) in [6.45, 7) is 2.05. The first-order valence-corrected chi connectivity index (χ1v) is 10.5. The average Bonchev–Trinajstić information content (AvgIpc) is 3.16. The first kappa shape index (κ1) is 20.0. The van der Waals surface area contributed by atoms with Gasteiger partial charge < -0.3 is 10.3 Å². The molecular formula is C26H25N3S. The summed E-state index contributed by atoms with van der Waals surface area (Å²) in [4.78, 5) is 5.24. The molecule has 0 unspecified atom stereocenters. The second kappa shape index (κ2) is 8.64. The van der Waals surface area contributed by atoms with Crippen LogP contribution in [0.1, 0.15) is 34.5 Å². The maximum atomic E-state index is 5.85. The van der Waals surface area contributed by atoms with Crippen molar-refractivity contribution in [2.45, 2.75) is 25.3 Å². The van der Waals surface area contributed by atoms with Crippen molar-refractivity contribution in [2.75, 3.05) is 0 Å². The summed E-state index contributed by atoms with van der Waals surface area (Å²) in [5.74, 6) is 0. The Balaban J connectivity index is 2.08. The van der Waals surface area contributed by atoms with Gasteiger partial charge in [0.25, 0.3) is 0 Å². The Morgan fingerprint density at radius 2 is 1.27 bits per heavy atom. The molecule has 0 amide bonds. The highest BCUT2D eigenvalue weighted by Gasteiger charge is 2.39. The molecule has 4 aromatic rings. The summed E-state index contributed by atoms with van der Waals surface area (Å²) in [7, 11) is 0. The number of hydrogen-bond acceptors (Lipinski definition) is 2. The highest BCUT2D eigenvalue weighted by Crippen LogP contribution is 2.42. The van der Waals surface area contributed by atoms with Crippen LogP contribution in [-0.2, 0) is 12.0 Å². The van der Waals surface area contributed by atoms with E-state index in [1.807, 2.05) is 6.33 Å². The van der Waals surface area contributed by atoms with Crippen molar-refractivity contribution in [1.29, 1.82) is 0 Å². The van der Waals surface area contributed by atoms with E-state index < -0.39 is 5.54 Å². The van der Waals surface area contributed by atoms with Crippen molar-refractivity contribution < 1.29 is 0 Å². The molecule has 150 valence electrons. The van der Waals surface area contributed by atoms with Crippen molar-refractivity contribution in [3.05, 3.63) is 125 Å². The van der Waals surface area contributed by atoms with E-state index in [1.165, 1.54) is 16.7 Å². The molecule has 0 fully saturated rings. The third-order valence-corrected chi connectivity index (χ3v) is 5.82. The molecule has 0 saturated heterocycles. The number of nitrogens with zero attached hydrogens (tertiary/aromatic N) is 2. The molecule has 1 aromatic heterocycles. The monoisotopic (exact) mass is 411 g/mol. The van der Waals surface area contributed by atoms with Gasteiger partial charge in [-0.3, -0.25) is 0 Å². The highest BCUT2D eigenvalue weighted by atomic mass is 32.1. The second-order valence-electron chi connectivity index (χ2n) is 7.42. The van der Waals surface area contributed by atoms with E-state index in [-0.39, 0.29) is 0 Å². The lowest BCUT2D eigenvalue weighted by molar-refractivity contribution is 0.495. The SMILES string of the molecule is Cc1ncn(C(c2ccccc2)(c2ccccc2)c2ccccc2)c1CCC(N)=S. The molecule has 2 N–H and O–H groups in total. The zero-order valence-electron chi connectivity index (χ0n) is 17.0. The van der Waals surface area contributed by atoms with Gasteiger partial charge in [0.05, 0.1) is 17.0 Å². The number of imidazole rings is 1. The molecule has 0 atom stereocenters. The average molecular weight is 412 g/mol.